The van der Waals surface area contributed by atoms with Gasteiger partial charge in [0.05, 0.1) is 23.9 Å². The fourth-order valence-corrected chi connectivity index (χ4v) is 3.94. The van der Waals surface area contributed by atoms with E-state index in [0.717, 1.165) is 30.7 Å². The van der Waals surface area contributed by atoms with Gasteiger partial charge in [0.25, 0.3) is 11.8 Å². The van der Waals surface area contributed by atoms with Gasteiger partial charge in [-0.25, -0.2) is 0 Å². The topological polar surface area (TPSA) is 58.6 Å². The highest BCUT2D eigenvalue weighted by molar-refractivity contribution is 7.98. The van der Waals surface area contributed by atoms with Gasteiger partial charge in [0.2, 0.25) is 0 Å². The van der Waals surface area contributed by atoms with Crippen LogP contribution in [0.2, 0.25) is 0 Å². The zero-order valence-electron chi connectivity index (χ0n) is 16.5. The number of hydrogen-bond acceptors (Lipinski definition) is 4. The van der Waals surface area contributed by atoms with Crippen molar-refractivity contribution in [2.24, 2.45) is 0 Å². The van der Waals surface area contributed by atoms with E-state index in [-0.39, 0.29) is 17.9 Å². The quantitative estimate of drug-likeness (QED) is 0.743. The number of piperidine rings is 1. The van der Waals surface area contributed by atoms with E-state index in [0.29, 0.717) is 22.6 Å². The fourth-order valence-electron chi connectivity index (χ4n) is 3.51. The predicted octanol–water partition coefficient (Wildman–Crippen LogP) is 4.68. The molecule has 0 bridgehead atoms. The van der Waals surface area contributed by atoms with Gasteiger partial charge in [0.15, 0.2) is 0 Å². The molecule has 148 valence electrons. The number of nitrogens with zero attached hydrogens (tertiary/aromatic N) is 1. The minimum absolute atomic E-state index is 0.0344. The Bertz CT molecular complexity index is 869. The Hall–Kier alpha value is -2.47. The summed E-state index contributed by atoms with van der Waals surface area (Å²) in [6.45, 7) is 2.84. The smallest absolute Gasteiger partial charge is 0.259 e. The van der Waals surface area contributed by atoms with Crippen LogP contribution in [0.15, 0.2) is 47.4 Å². The second-order valence-electron chi connectivity index (χ2n) is 6.91. The van der Waals surface area contributed by atoms with Crippen molar-refractivity contribution < 1.29 is 14.3 Å². The summed E-state index contributed by atoms with van der Waals surface area (Å²) in [5.41, 5.74) is 1.48. The van der Waals surface area contributed by atoms with Crippen LogP contribution in [0.3, 0.4) is 0 Å². The van der Waals surface area contributed by atoms with Gasteiger partial charge in [-0.2, -0.15) is 0 Å². The molecule has 0 aliphatic carbocycles. The highest BCUT2D eigenvalue weighted by Gasteiger charge is 2.26. The first-order chi connectivity index (χ1) is 13.5. The van der Waals surface area contributed by atoms with Crippen LogP contribution in [0.1, 0.15) is 46.9 Å². The van der Waals surface area contributed by atoms with Crippen molar-refractivity contribution in [3.63, 3.8) is 0 Å². The highest BCUT2D eigenvalue weighted by Crippen LogP contribution is 2.28. The van der Waals surface area contributed by atoms with Crippen molar-refractivity contribution in [3.05, 3.63) is 53.6 Å². The number of rotatable bonds is 5. The van der Waals surface area contributed by atoms with E-state index in [1.165, 1.54) is 0 Å². The minimum atomic E-state index is -0.295. The Morgan fingerprint density at radius 1 is 1.14 bits per heavy atom. The summed E-state index contributed by atoms with van der Waals surface area (Å²) in [4.78, 5) is 28.9. The highest BCUT2D eigenvalue weighted by atomic mass is 32.2. The number of anilines is 1. The summed E-state index contributed by atoms with van der Waals surface area (Å²) in [6, 6.07) is 12.9. The molecule has 1 aliphatic rings. The van der Waals surface area contributed by atoms with E-state index >= 15 is 0 Å². The number of methoxy groups -OCH3 is 1. The Kier molecular flexibility index (Phi) is 6.62. The molecule has 1 saturated heterocycles. The number of para-hydroxylation sites is 1. The van der Waals surface area contributed by atoms with Gasteiger partial charge < -0.3 is 15.0 Å². The Morgan fingerprint density at radius 2 is 1.93 bits per heavy atom. The van der Waals surface area contributed by atoms with Crippen LogP contribution in [0, 0.1) is 0 Å². The lowest BCUT2D eigenvalue weighted by molar-refractivity contribution is 0.0636. The molecule has 5 nitrogen and oxygen atoms in total. The molecule has 28 heavy (non-hydrogen) atoms. The summed E-state index contributed by atoms with van der Waals surface area (Å²) in [5.74, 6) is 0.182. The van der Waals surface area contributed by atoms with Gasteiger partial charge in [0, 0.05) is 17.5 Å². The third-order valence-electron chi connectivity index (χ3n) is 5.12. The second kappa shape index (κ2) is 9.15. The SMILES string of the molecule is COc1cc(SC)ccc1C(=O)Nc1ccccc1C(=O)N1CCCC[C@@H]1C. The molecule has 1 N–H and O–H groups in total. The maximum Gasteiger partial charge on any atom is 0.259 e. The molecule has 0 unspecified atom stereocenters. The summed E-state index contributed by atoms with van der Waals surface area (Å²) in [5, 5.41) is 2.90. The molecule has 2 aromatic rings. The van der Waals surface area contributed by atoms with E-state index in [2.05, 4.69) is 12.2 Å². The molecule has 0 aromatic heterocycles. The largest absolute Gasteiger partial charge is 0.496 e. The molecule has 1 fully saturated rings. The molecule has 0 saturated carbocycles. The number of amides is 2. The van der Waals surface area contributed by atoms with Crippen molar-refractivity contribution in [2.45, 2.75) is 37.1 Å². The van der Waals surface area contributed by atoms with Crippen LogP contribution in [-0.2, 0) is 0 Å². The first-order valence-corrected chi connectivity index (χ1v) is 10.7. The number of likely N-dealkylation sites (tertiary alicyclic amines) is 1. The Labute approximate surface area is 170 Å². The Morgan fingerprint density at radius 3 is 2.64 bits per heavy atom. The third kappa shape index (κ3) is 4.33. The number of nitrogens with one attached hydrogen (secondary N) is 1. The van der Waals surface area contributed by atoms with E-state index in [1.807, 2.05) is 35.4 Å². The monoisotopic (exact) mass is 398 g/mol. The summed E-state index contributed by atoms with van der Waals surface area (Å²) >= 11 is 1.58. The Balaban J connectivity index is 1.85. The molecule has 6 heteroatoms. The third-order valence-corrected chi connectivity index (χ3v) is 5.85. The number of ether oxygens (including phenoxy) is 1. The van der Waals surface area contributed by atoms with Crippen molar-refractivity contribution in [1.82, 2.24) is 4.90 Å². The average Bonchev–Trinajstić information content (AvgIpc) is 2.73. The van der Waals surface area contributed by atoms with Gasteiger partial charge >= 0.3 is 0 Å². The summed E-state index contributed by atoms with van der Waals surface area (Å²) in [6.07, 6.45) is 5.15. The molecule has 1 atom stereocenters. The number of hydrogen-bond donors (Lipinski definition) is 1. The molecular formula is C22H26N2O3S. The predicted molar refractivity (Wildman–Crippen MR) is 114 cm³/mol. The van der Waals surface area contributed by atoms with Crippen LogP contribution in [0.25, 0.3) is 0 Å². The number of thioether (sulfide) groups is 1. The lowest BCUT2D eigenvalue weighted by Gasteiger charge is -2.34. The van der Waals surface area contributed by atoms with Crippen LogP contribution >= 0.6 is 11.8 Å². The van der Waals surface area contributed by atoms with E-state index in [4.69, 9.17) is 4.74 Å². The number of carbonyl (C=O) groups excluding carboxylic acids is 2. The van der Waals surface area contributed by atoms with Crippen LogP contribution in [0.4, 0.5) is 5.69 Å². The zero-order chi connectivity index (χ0) is 20.1. The van der Waals surface area contributed by atoms with Gasteiger partial charge in [0.1, 0.15) is 5.75 Å². The summed E-state index contributed by atoms with van der Waals surface area (Å²) < 4.78 is 5.38. The van der Waals surface area contributed by atoms with Gasteiger partial charge in [-0.05, 0) is 62.8 Å². The lowest BCUT2D eigenvalue weighted by Crippen LogP contribution is -2.42. The van der Waals surface area contributed by atoms with E-state index < -0.39 is 0 Å². The van der Waals surface area contributed by atoms with Crippen LogP contribution in [0.5, 0.6) is 5.75 Å². The second-order valence-corrected chi connectivity index (χ2v) is 7.79. The normalized spacial score (nSPS) is 16.5. The molecular weight excluding hydrogens is 372 g/mol. The van der Waals surface area contributed by atoms with Crippen LogP contribution in [-0.4, -0.2) is 42.7 Å². The molecule has 2 aromatic carbocycles. The zero-order valence-corrected chi connectivity index (χ0v) is 17.3. The molecule has 0 spiro atoms. The molecule has 2 amide bonds. The first kappa shape index (κ1) is 20.3. The average molecular weight is 399 g/mol. The van der Waals surface area contributed by atoms with Gasteiger partial charge in [-0.1, -0.05) is 12.1 Å². The number of benzene rings is 2. The first-order valence-electron chi connectivity index (χ1n) is 9.48. The van der Waals surface area contributed by atoms with Crippen molar-refractivity contribution in [3.8, 4) is 5.75 Å². The van der Waals surface area contributed by atoms with Crippen molar-refractivity contribution in [1.29, 1.82) is 0 Å². The maximum atomic E-state index is 13.1. The van der Waals surface area contributed by atoms with Crippen LogP contribution < -0.4 is 10.1 Å². The summed E-state index contributed by atoms with van der Waals surface area (Å²) in [7, 11) is 1.55. The molecule has 1 aliphatic heterocycles. The van der Waals surface area contributed by atoms with E-state index in [9.17, 15) is 9.59 Å². The van der Waals surface area contributed by atoms with Gasteiger partial charge in [-0.3, -0.25) is 9.59 Å². The lowest BCUT2D eigenvalue weighted by atomic mass is 10.0. The minimum Gasteiger partial charge on any atom is -0.496 e. The van der Waals surface area contributed by atoms with Gasteiger partial charge in [-0.15, -0.1) is 11.8 Å². The molecule has 1 heterocycles. The maximum absolute atomic E-state index is 13.1. The van der Waals surface area contributed by atoms with Crippen molar-refractivity contribution >= 4 is 29.3 Å². The van der Waals surface area contributed by atoms with Crippen molar-refractivity contribution in [2.75, 3.05) is 25.2 Å². The molecule has 0 radical (unpaired) electrons. The fraction of sp³-hybridized carbons (Fsp3) is 0.364. The molecule has 3 rings (SSSR count). The number of carbonyl (C=O) groups is 2. The van der Waals surface area contributed by atoms with E-state index in [1.54, 1.807) is 37.1 Å². The standard InChI is InChI=1S/C22H26N2O3S/c1-15-8-6-7-13-24(15)22(26)17-9-4-5-10-19(17)23-21(25)18-12-11-16(28-3)14-20(18)27-2/h4-5,9-12,14-15H,6-8,13H2,1-3H3,(H,23,25)/t15-/m0/s1.